The first-order chi connectivity index (χ1) is 13.2. The maximum Gasteiger partial charge on any atom is 0.255 e. The van der Waals surface area contributed by atoms with Gasteiger partial charge < -0.3 is 14.4 Å². The maximum atomic E-state index is 12.9. The minimum absolute atomic E-state index is 0.0277. The fraction of sp³-hybridized carbons (Fsp3) is 0.250. The van der Waals surface area contributed by atoms with Gasteiger partial charge in [-0.1, -0.05) is 0 Å². The van der Waals surface area contributed by atoms with Crippen molar-refractivity contribution in [2.24, 2.45) is 0 Å². The van der Waals surface area contributed by atoms with Crippen LogP contribution in [-0.2, 0) is 13.0 Å². The first kappa shape index (κ1) is 17.1. The summed E-state index contributed by atoms with van der Waals surface area (Å²) >= 11 is 0. The molecule has 1 aliphatic heterocycles. The fourth-order valence-corrected chi connectivity index (χ4v) is 3.30. The highest BCUT2D eigenvalue weighted by atomic mass is 16.5. The smallest absolute Gasteiger partial charge is 0.255 e. The van der Waals surface area contributed by atoms with Crippen LogP contribution in [0.2, 0.25) is 0 Å². The van der Waals surface area contributed by atoms with Crippen LogP contribution in [-0.4, -0.2) is 46.1 Å². The molecular formula is C20H20N4O3. The largest absolute Gasteiger partial charge is 0.493 e. The molecule has 1 amide bonds. The van der Waals surface area contributed by atoms with Gasteiger partial charge in [0.05, 0.1) is 19.8 Å². The minimum Gasteiger partial charge on any atom is -0.493 e. The van der Waals surface area contributed by atoms with Gasteiger partial charge >= 0.3 is 0 Å². The van der Waals surface area contributed by atoms with Crippen LogP contribution >= 0.6 is 0 Å². The summed E-state index contributed by atoms with van der Waals surface area (Å²) in [5.74, 6) is 2.09. The molecule has 3 heterocycles. The van der Waals surface area contributed by atoms with E-state index in [0.717, 1.165) is 23.6 Å². The molecule has 0 atom stereocenters. The van der Waals surface area contributed by atoms with Crippen molar-refractivity contribution in [1.82, 2.24) is 19.4 Å². The molecule has 0 saturated heterocycles. The third kappa shape index (κ3) is 3.23. The Labute approximate surface area is 157 Å². The molecule has 0 bridgehead atoms. The fourth-order valence-electron chi connectivity index (χ4n) is 3.30. The summed E-state index contributed by atoms with van der Waals surface area (Å²) in [6.07, 6.45) is 7.57. The summed E-state index contributed by atoms with van der Waals surface area (Å²) in [5.41, 5.74) is 2.84. The van der Waals surface area contributed by atoms with Crippen LogP contribution in [0.15, 0.2) is 49.2 Å². The van der Waals surface area contributed by atoms with E-state index >= 15 is 0 Å². The van der Waals surface area contributed by atoms with E-state index < -0.39 is 0 Å². The van der Waals surface area contributed by atoms with Crippen LogP contribution in [0.25, 0.3) is 5.82 Å². The number of ether oxygens (including phenoxy) is 2. The van der Waals surface area contributed by atoms with Gasteiger partial charge in [-0.05, 0) is 41.8 Å². The molecule has 0 unspecified atom stereocenters. The second-order valence-corrected chi connectivity index (χ2v) is 6.33. The van der Waals surface area contributed by atoms with Crippen molar-refractivity contribution in [2.75, 3.05) is 20.8 Å². The summed E-state index contributed by atoms with van der Waals surface area (Å²) in [5, 5.41) is 0. The van der Waals surface area contributed by atoms with Crippen molar-refractivity contribution in [3.63, 3.8) is 0 Å². The van der Waals surface area contributed by atoms with Crippen LogP contribution in [0.3, 0.4) is 0 Å². The highest BCUT2D eigenvalue weighted by Gasteiger charge is 2.24. The van der Waals surface area contributed by atoms with Crippen LogP contribution in [0, 0.1) is 0 Å². The Balaban J connectivity index is 1.54. The second-order valence-electron chi connectivity index (χ2n) is 6.33. The van der Waals surface area contributed by atoms with Crippen LogP contribution < -0.4 is 9.47 Å². The first-order valence-electron chi connectivity index (χ1n) is 8.67. The average molecular weight is 364 g/mol. The number of pyridine rings is 1. The Bertz CT molecular complexity index is 952. The molecule has 0 saturated carbocycles. The quantitative estimate of drug-likeness (QED) is 0.711. The number of aromatic nitrogens is 3. The molecule has 7 heteroatoms. The average Bonchev–Trinajstić information content (AvgIpc) is 3.26. The van der Waals surface area contributed by atoms with Crippen LogP contribution in [0.5, 0.6) is 11.5 Å². The maximum absolute atomic E-state index is 12.9. The Kier molecular flexibility index (Phi) is 4.50. The lowest BCUT2D eigenvalue weighted by Gasteiger charge is -2.29. The van der Waals surface area contributed by atoms with E-state index in [4.69, 9.17) is 9.47 Å². The molecule has 2 aromatic heterocycles. The normalized spacial score (nSPS) is 13.2. The van der Waals surface area contributed by atoms with E-state index in [1.54, 1.807) is 43.6 Å². The molecule has 0 radical (unpaired) electrons. The zero-order valence-electron chi connectivity index (χ0n) is 15.3. The number of methoxy groups -OCH3 is 2. The SMILES string of the molecule is COc1cc2c(cc1OC)CN(C(=O)c1ccc(-n3ccnc3)nc1)CC2. The summed E-state index contributed by atoms with van der Waals surface area (Å²) in [6.45, 7) is 1.20. The molecule has 4 rings (SSSR count). The van der Waals surface area contributed by atoms with Crippen molar-refractivity contribution < 1.29 is 14.3 Å². The molecule has 138 valence electrons. The van der Waals surface area contributed by atoms with Crippen molar-refractivity contribution in [3.8, 4) is 17.3 Å². The molecule has 0 N–H and O–H groups in total. The number of amides is 1. The van der Waals surface area contributed by atoms with Crippen molar-refractivity contribution >= 4 is 5.91 Å². The van der Waals surface area contributed by atoms with Gasteiger partial charge in [-0.15, -0.1) is 0 Å². The zero-order valence-corrected chi connectivity index (χ0v) is 15.3. The summed E-state index contributed by atoms with van der Waals surface area (Å²) in [6, 6.07) is 7.57. The Morgan fingerprint density at radius 1 is 1.11 bits per heavy atom. The predicted molar refractivity (Wildman–Crippen MR) is 99.3 cm³/mol. The van der Waals surface area contributed by atoms with Crippen molar-refractivity contribution in [2.45, 2.75) is 13.0 Å². The molecule has 7 nitrogen and oxygen atoms in total. The number of fused-ring (bicyclic) bond motifs is 1. The van der Waals surface area contributed by atoms with Gasteiger partial charge in [-0.2, -0.15) is 0 Å². The summed E-state index contributed by atoms with van der Waals surface area (Å²) in [4.78, 5) is 23.1. The number of nitrogens with zero attached hydrogens (tertiary/aromatic N) is 4. The highest BCUT2D eigenvalue weighted by molar-refractivity contribution is 5.94. The Morgan fingerprint density at radius 3 is 2.52 bits per heavy atom. The topological polar surface area (TPSA) is 69.5 Å². The highest BCUT2D eigenvalue weighted by Crippen LogP contribution is 2.33. The number of hydrogen-bond acceptors (Lipinski definition) is 5. The van der Waals surface area contributed by atoms with Gasteiger partial charge in [0.1, 0.15) is 12.1 Å². The number of rotatable bonds is 4. The number of hydrogen-bond donors (Lipinski definition) is 0. The predicted octanol–water partition coefficient (Wildman–Crippen LogP) is 2.48. The third-order valence-electron chi connectivity index (χ3n) is 4.77. The summed E-state index contributed by atoms with van der Waals surface area (Å²) in [7, 11) is 3.24. The number of benzene rings is 1. The van der Waals surface area contributed by atoms with Gasteiger partial charge in [-0.25, -0.2) is 9.97 Å². The van der Waals surface area contributed by atoms with E-state index in [9.17, 15) is 4.79 Å². The van der Waals surface area contributed by atoms with E-state index in [1.165, 1.54) is 5.56 Å². The standard InChI is InChI=1S/C20H20N4O3/c1-26-17-9-14-5-7-23(12-16(14)10-18(17)27-2)20(25)15-3-4-19(22-11-15)24-8-6-21-13-24/h3-4,6,8-11,13H,5,7,12H2,1-2H3. The van der Waals surface area contributed by atoms with Crippen molar-refractivity contribution in [1.29, 1.82) is 0 Å². The Morgan fingerprint density at radius 2 is 1.89 bits per heavy atom. The number of carbonyl (C=O) groups is 1. The second kappa shape index (κ2) is 7.11. The van der Waals surface area contributed by atoms with Gasteiger partial charge in [0, 0.05) is 31.7 Å². The van der Waals surface area contributed by atoms with Gasteiger partial charge in [0.15, 0.2) is 11.5 Å². The lowest BCUT2D eigenvalue weighted by Crippen LogP contribution is -2.36. The van der Waals surface area contributed by atoms with E-state index in [-0.39, 0.29) is 5.91 Å². The van der Waals surface area contributed by atoms with Gasteiger partial charge in [-0.3, -0.25) is 9.36 Å². The lowest BCUT2D eigenvalue weighted by molar-refractivity contribution is 0.0734. The molecule has 0 spiro atoms. The van der Waals surface area contributed by atoms with E-state index in [2.05, 4.69) is 9.97 Å². The molecule has 1 aromatic carbocycles. The molecule has 0 aliphatic carbocycles. The Hall–Kier alpha value is -3.35. The molecule has 27 heavy (non-hydrogen) atoms. The monoisotopic (exact) mass is 364 g/mol. The van der Waals surface area contributed by atoms with Crippen molar-refractivity contribution in [3.05, 3.63) is 65.9 Å². The lowest BCUT2D eigenvalue weighted by atomic mass is 9.98. The molecule has 0 fully saturated rings. The molecular weight excluding hydrogens is 344 g/mol. The minimum atomic E-state index is -0.0277. The van der Waals surface area contributed by atoms with E-state index in [1.807, 2.05) is 29.3 Å². The molecule has 1 aliphatic rings. The van der Waals surface area contributed by atoms with Crippen LogP contribution in [0.4, 0.5) is 0 Å². The number of carbonyl (C=O) groups excluding carboxylic acids is 1. The van der Waals surface area contributed by atoms with Crippen LogP contribution in [0.1, 0.15) is 21.5 Å². The first-order valence-corrected chi connectivity index (χ1v) is 8.67. The summed E-state index contributed by atoms with van der Waals surface area (Å²) < 4.78 is 12.5. The molecule has 3 aromatic rings. The van der Waals surface area contributed by atoms with Gasteiger partial charge in [0.25, 0.3) is 5.91 Å². The third-order valence-corrected chi connectivity index (χ3v) is 4.77. The van der Waals surface area contributed by atoms with E-state index in [0.29, 0.717) is 24.4 Å². The van der Waals surface area contributed by atoms with Gasteiger partial charge in [0.2, 0.25) is 0 Å². The zero-order chi connectivity index (χ0) is 18.8. The number of imidazole rings is 1.